The number of nitrogens with zero attached hydrogens (tertiary/aromatic N) is 2. The van der Waals surface area contributed by atoms with Crippen LogP contribution in [0.25, 0.3) is 0 Å². The van der Waals surface area contributed by atoms with Gasteiger partial charge in [0.2, 0.25) is 0 Å². The van der Waals surface area contributed by atoms with Crippen LogP contribution >= 0.6 is 0 Å². The molecular formula is C9H15N3OS. The van der Waals surface area contributed by atoms with Crippen LogP contribution in [0.4, 0.5) is 0 Å². The molecule has 14 heavy (non-hydrogen) atoms. The van der Waals surface area contributed by atoms with Crippen molar-refractivity contribution in [3.8, 4) is 0 Å². The number of rotatable bonds is 1. The summed E-state index contributed by atoms with van der Waals surface area (Å²) in [5, 5.41) is 4.73. The maximum atomic E-state index is 11.7. The molecule has 0 bridgehead atoms. The maximum absolute atomic E-state index is 11.7. The fourth-order valence-corrected chi connectivity index (χ4v) is 3.02. The summed E-state index contributed by atoms with van der Waals surface area (Å²) in [7, 11) is -0.782. The van der Waals surface area contributed by atoms with Gasteiger partial charge in [0.05, 0.1) is 9.73 Å². The molecule has 1 aromatic heterocycles. The smallest absolute Gasteiger partial charge is 0.160 e. The van der Waals surface area contributed by atoms with E-state index in [4.69, 9.17) is 4.78 Å². The normalized spacial score (nSPS) is 20.1. The van der Waals surface area contributed by atoms with Crippen molar-refractivity contribution in [2.75, 3.05) is 6.26 Å². The highest BCUT2D eigenvalue weighted by Gasteiger charge is 2.22. The predicted molar refractivity (Wildman–Crippen MR) is 54.9 cm³/mol. The zero-order valence-electron chi connectivity index (χ0n) is 8.54. The van der Waals surface area contributed by atoms with Gasteiger partial charge in [-0.15, -0.1) is 0 Å². The monoisotopic (exact) mass is 213 g/mol. The summed E-state index contributed by atoms with van der Waals surface area (Å²) in [5.74, 6) is 0. The molecule has 0 fully saturated rings. The molecule has 5 heteroatoms. The summed E-state index contributed by atoms with van der Waals surface area (Å²) in [6.07, 6.45) is 5.69. The van der Waals surface area contributed by atoms with E-state index in [1.807, 2.05) is 7.05 Å². The van der Waals surface area contributed by atoms with Gasteiger partial charge in [0, 0.05) is 24.6 Å². The van der Waals surface area contributed by atoms with E-state index in [2.05, 4.69) is 5.10 Å². The molecule has 0 aliphatic heterocycles. The Hall–Kier alpha value is -0.840. The molecule has 78 valence electrons. The molecule has 1 N–H and O–H groups in total. The minimum Gasteiger partial charge on any atom is -0.271 e. The average Bonchev–Trinajstić information content (AvgIpc) is 2.44. The van der Waals surface area contributed by atoms with Crippen LogP contribution in [0.5, 0.6) is 0 Å². The van der Waals surface area contributed by atoms with Gasteiger partial charge < -0.3 is 0 Å². The molecular weight excluding hydrogens is 198 g/mol. The van der Waals surface area contributed by atoms with E-state index in [9.17, 15) is 4.21 Å². The van der Waals surface area contributed by atoms with Crippen LogP contribution in [0.15, 0.2) is 5.03 Å². The molecule has 0 saturated carbocycles. The Kier molecular flexibility index (Phi) is 2.14. The first kappa shape index (κ1) is 9.71. The Morgan fingerprint density at radius 1 is 1.43 bits per heavy atom. The number of hydrogen-bond donors (Lipinski definition) is 1. The fourth-order valence-electron chi connectivity index (χ4n) is 2.05. The summed E-state index contributed by atoms with van der Waals surface area (Å²) in [4.78, 5) is 0. The van der Waals surface area contributed by atoms with Crippen molar-refractivity contribution >= 4 is 9.73 Å². The minimum atomic E-state index is -2.66. The second kappa shape index (κ2) is 3.08. The van der Waals surface area contributed by atoms with Gasteiger partial charge in [-0.25, -0.2) is 8.99 Å². The first-order valence-corrected chi connectivity index (χ1v) is 6.75. The van der Waals surface area contributed by atoms with Crippen molar-refractivity contribution in [2.45, 2.75) is 30.7 Å². The van der Waals surface area contributed by atoms with Crippen molar-refractivity contribution in [2.24, 2.45) is 7.05 Å². The maximum Gasteiger partial charge on any atom is 0.160 e. The molecule has 0 saturated heterocycles. The molecule has 1 aliphatic carbocycles. The first-order chi connectivity index (χ1) is 6.50. The van der Waals surface area contributed by atoms with Crippen LogP contribution in [0.3, 0.4) is 0 Å². The average molecular weight is 213 g/mol. The second-order valence-electron chi connectivity index (χ2n) is 3.90. The summed E-state index contributed by atoms with van der Waals surface area (Å²) < 4.78 is 21.0. The summed E-state index contributed by atoms with van der Waals surface area (Å²) in [6, 6.07) is 0. The Balaban J connectivity index is 2.64. The molecule has 0 aromatic carbocycles. The Morgan fingerprint density at radius 2 is 2.07 bits per heavy atom. The van der Waals surface area contributed by atoms with Gasteiger partial charge in [0.1, 0.15) is 0 Å². The highest BCUT2D eigenvalue weighted by atomic mass is 32.2. The van der Waals surface area contributed by atoms with Gasteiger partial charge in [-0.05, 0) is 25.7 Å². The third kappa shape index (κ3) is 1.45. The Bertz CT molecular complexity index is 459. The molecule has 1 aromatic rings. The highest BCUT2D eigenvalue weighted by molar-refractivity contribution is 7.91. The second-order valence-corrected chi connectivity index (χ2v) is 5.98. The van der Waals surface area contributed by atoms with Crippen LogP contribution in [0, 0.1) is 4.78 Å². The molecule has 0 spiro atoms. The zero-order chi connectivity index (χ0) is 10.3. The van der Waals surface area contributed by atoms with Gasteiger partial charge in [-0.3, -0.25) is 4.68 Å². The third-order valence-electron chi connectivity index (χ3n) is 2.70. The molecule has 1 atom stereocenters. The number of fused-ring (bicyclic) bond motifs is 1. The van der Waals surface area contributed by atoms with E-state index in [0.29, 0.717) is 5.03 Å². The van der Waals surface area contributed by atoms with Crippen molar-refractivity contribution < 1.29 is 4.21 Å². The largest absolute Gasteiger partial charge is 0.271 e. The van der Waals surface area contributed by atoms with Crippen LogP contribution < -0.4 is 0 Å². The Labute approximate surface area is 84.3 Å². The number of nitrogens with one attached hydrogen (secondary N) is 1. The van der Waals surface area contributed by atoms with Crippen molar-refractivity contribution in [1.82, 2.24) is 9.78 Å². The van der Waals surface area contributed by atoms with Gasteiger partial charge >= 0.3 is 0 Å². The van der Waals surface area contributed by atoms with E-state index in [-0.39, 0.29) is 0 Å². The molecule has 4 nitrogen and oxygen atoms in total. The molecule has 2 rings (SSSR count). The lowest BCUT2D eigenvalue weighted by atomic mass is 9.98. The lowest BCUT2D eigenvalue weighted by Gasteiger charge is -2.12. The highest BCUT2D eigenvalue weighted by Crippen LogP contribution is 2.26. The minimum absolute atomic E-state index is 0.509. The van der Waals surface area contributed by atoms with E-state index in [0.717, 1.165) is 24.8 Å². The van der Waals surface area contributed by atoms with Crippen molar-refractivity contribution in [1.29, 1.82) is 4.78 Å². The lowest BCUT2D eigenvalue weighted by molar-refractivity contribution is 0.625. The van der Waals surface area contributed by atoms with Crippen LogP contribution in [0.1, 0.15) is 24.1 Å². The molecule has 1 aliphatic rings. The SMILES string of the molecule is Cn1nc(S(C)(=N)=O)c2c1CCCC2. The molecule has 1 heterocycles. The van der Waals surface area contributed by atoms with Gasteiger partial charge in [-0.2, -0.15) is 5.10 Å². The van der Waals surface area contributed by atoms with E-state index < -0.39 is 9.73 Å². The lowest BCUT2D eigenvalue weighted by Crippen LogP contribution is -2.06. The topological polar surface area (TPSA) is 58.7 Å². The number of aryl methyl sites for hydroxylation is 1. The first-order valence-electron chi connectivity index (χ1n) is 4.78. The van der Waals surface area contributed by atoms with E-state index >= 15 is 0 Å². The molecule has 0 amide bonds. The van der Waals surface area contributed by atoms with E-state index in [1.54, 1.807) is 4.68 Å². The summed E-state index contributed by atoms with van der Waals surface area (Å²) >= 11 is 0. The van der Waals surface area contributed by atoms with Crippen LogP contribution in [0.2, 0.25) is 0 Å². The third-order valence-corrected chi connectivity index (χ3v) is 3.76. The standard InChI is InChI=1S/C9H15N3OS/c1-12-8-6-4-3-5-7(8)9(11-12)14(2,10)13/h10H,3-6H2,1-2H3. The van der Waals surface area contributed by atoms with E-state index in [1.165, 1.54) is 18.4 Å². The van der Waals surface area contributed by atoms with Gasteiger partial charge in [0.25, 0.3) is 0 Å². The molecule has 1 unspecified atom stereocenters. The van der Waals surface area contributed by atoms with Crippen LogP contribution in [-0.2, 0) is 29.6 Å². The number of hydrogen-bond acceptors (Lipinski definition) is 3. The Morgan fingerprint density at radius 3 is 2.71 bits per heavy atom. The van der Waals surface area contributed by atoms with Crippen molar-refractivity contribution in [3.05, 3.63) is 11.3 Å². The fraction of sp³-hybridized carbons (Fsp3) is 0.667. The summed E-state index contributed by atoms with van der Waals surface area (Å²) in [6.45, 7) is 0. The van der Waals surface area contributed by atoms with Gasteiger partial charge in [-0.1, -0.05) is 0 Å². The van der Waals surface area contributed by atoms with Gasteiger partial charge in [0.15, 0.2) is 5.03 Å². The zero-order valence-corrected chi connectivity index (χ0v) is 9.36. The quantitative estimate of drug-likeness (QED) is 0.765. The molecule has 0 radical (unpaired) electrons. The predicted octanol–water partition coefficient (Wildman–Crippen LogP) is 1.33. The summed E-state index contributed by atoms with van der Waals surface area (Å²) in [5.41, 5.74) is 2.24. The van der Waals surface area contributed by atoms with Crippen LogP contribution in [-0.4, -0.2) is 20.2 Å². The number of aromatic nitrogens is 2. The van der Waals surface area contributed by atoms with Crippen molar-refractivity contribution in [3.63, 3.8) is 0 Å².